The molecule has 6 heteroatoms. The van der Waals surface area contributed by atoms with E-state index < -0.39 is 15.4 Å². The van der Waals surface area contributed by atoms with E-state index in [0.717, 1.165) is 23.5 Å². The summed E-state index contributed by atoms with van der Waals surface area (Å²) in [5, 5.41) is 6.45. The van der Waals surface area contributed by atoms with Gasteiger partial charge >= 0.3 is 0 Å². The van der Waals surface area contributed by atoms with E-state index in [4.69, 9.17) is 0 Å². The summed E-state index contributed by atoms with van der Waals surface area (Å²) in [7, 11) is -3.19. The molecule has 0 fully saturated rings. The largest absolute Gasteiger partial charge is 0.302 e. The number of benzene rings is 1. The number of rotatable bonds is 4. The number of hydrogen-bond acceptors (Lipinski definition) is 5. The van der Waals surface area contributed by atoms with Crippen LogP contribution in [0.3, 0.4) is 0 Å². The summed E-state index contributed by atoms with van der Waals surface area (Å²) in [4.78, 5) is 4.91. The maximum atomic E-state index is 12.4. The van der Waals surface area contributed by atoms with Crippen molar-refractivity contribution in [2.75, 3.05) is 12.3 Å². The average Bonchev–Trinajstić information content (AvgIpc) is 3.02. The Morgan fingerprint density at radius 2 is 2.19 bits per heavy atom. The summed E-state index contributed by atoms with van der Waals surface area (Å²) in [5.41, 5.74) is 0.353. The first-order chi connectivity index (χ1) is 10.1. The Balaban J connectivity index is 2.22. The summed E-state index contributed by atoms with van der Waals surface area (Å²) in [6.07, 6.45) is 3.29. The Hall–Kier alpha value is -1.24. The lowest BCUT2D eigenvalue weighted by Gasteiger charge is -2.38. The minimum atomic E-state index is -3.19. The van der Waals surface area contributed by atoms with Gasteiger partial charge in [0, 0.05) is 11.6 Å². The number of hydrogen-bond donors (Lipinski definition) is 1. The van der Waals surface area contributed by atoms with Crippen LogP contribution in [0, 0.1) is 0 Å². The molecule has 1 atom stereocenters. The van der Waals surface area contributed by atoms with Crippen LogP contribution in [-0.2, 0) is 15.4 Å². The third kappa shape index (κ3) is 2.41. The minimum Gasteiger partial charge on any atom is -0.302 e. The van der Waals surface area contributed by atoms with Crippen LogP contribution in [0.4, 0.5) is 0 Å². The van der Waals surface area contributed by atoms with Gasteiger partial charge in [-0.25, -0.2) is 13.4 Å². The van der Waals surface area contributed by atoms with Gasteiger partial charge in [0.1, 0.15) is 5.01 Å². The number of sulfone groups is 1. The molecule has 21 heavy (non-hydrogen) atoms. The highest BCUT2D eigenvalue weighted by molar-refractivity contribution is 7.91. The molecule has 0 saturated carbocycles. The van der Waals surface area contributed by atoms with Crippen LogP contribution in [0.2, 0.25) is 0 Å². The van der Waals surface area contributed by atoms with Crippen LogP contribution in [-0.4, -0.2) is 25.7 Å². The van der Waals surface area contributed by atoms with Crippen LogP contribution >= 0.6 is 11.3 Å². The number of nitrogens with zero attached hydrogens (tertiary/aromatic N) is 1. The molecule has 112 valence electrons. The molecule has 1 N–H and O–H groups in total. The molecule has 1 aliphatic heterocycles. The maximum absolute atomic E-state index is 12.4. The van der Waals surface area contributed by atoms with Crippen molar-refractivity contribution >= 4 is 21.2 Å². The predicted octanol–water partition coefficient (Wildman–Crippen LogP) is 2.56. The summed E-state index contributed by atoms with van der Waals surface area (Å²) in [6, 6.07) is 7.31. The van der Waals surface area contributed by atoms with Crippen LogP contribution in [0.5, 0.6) is 0 Å². The molecule has 4 nitrogen and oxygen atoms in total. The minimum absolute atomic E-state index is 0.153. The molecule has 2 heterocycles. The SMILES string of the molecule is CCCNC1(c2nccs2)CCS(=O)(=O)c2ccccc21. The maximum Gasteiger partial charge on any atom is 0.178 e. The van der Waals surface area contributed by atoms with Crippen molar-refractivity contribution in [2.45, 2.75) is 30.2 Å². The second kappa shape index (κ2) is 5.51. The number of thiazole rings is 1. The van der Waals surface area contributed by atoms with Gasteiger partial charge in [-0.15, -0.1) is 11.3 Å². The number of nitrogens with one attached hydrogen (secondary N) is 1. The topological polar surface area (TPSA) is 59.1 Å². The second-order valence-electron chi connectivity index (χ2n) is 5.23. The van der Waals surface area contributed by atoms with Crippen molar-refractivity contribution in [1.29, 1.82) is 0 Å². The van der Waals surface area contributed by atoms with Crippen molar-refractivity contribution in [2.24, 2.45) is 0 Å². The van der Waals surface area contributed by atoms with Crippen LogP contribution < -0.4 is 5.32 Å². The molecule has 3 rings (SSSR count). The lowest BCUT2D eigenvalue weighted by molar-refractivity contribution is 0.371. The normalized spacial score (nSPS) is 23.7. The fraction of sp³-hybridized carbons (Fsp3) is 0.400. The van der Waals surface area contributed by atoms with Crippen molar-refractivity contribution in [3.8, 4) is 0 Å². The van der Waals surface area contributed by atoms with E-state index >= 15 is 0 Å². The lowest BCUT2D eigenvalue weighted by Crippen LogP contribution is -2.48. The molecule has 0 radical (unpaired) electrons. The molecular formula is C15H18N2O2S2. The summed E-state index contributed by atoms with van der Waals surface area (Å²) in [6.45, 7) is 2.93. The quantitative estimate of drug-likeness (QED) is 0.940. The molecule has 0 bridgehead atoms. The molecule has 0 saturated heterocycles. The Bertz CT molecular complexity index is 726. The lowest BCUT2D eigenvalue weighted by atomic mass is 9.87. The Labute approximate surface area is 129 Å². The van der Waals surface area contributed by atoms with Gasteiger partial charge in [-0.2, -0.15) is 0 Å². The molecule has 0 aliphatic carbocycles. The van der Waals surface area contributed by atoms with Gasteiger partial charge in [-0.3, -0.25) is 0 Å². The smallest absolute Gasteiger partial charge is 0.178 e. The van der Waals surface area contributed by atoms with E-state index in [2.05, 4.69) is 17.2 Å². The zero-order valence-corrected chi connectivity index (χ0v) is 13.5. The third-order valence-corrected chi connectivity index (χ3v) is 6.60. The zero-order valence-electron chi connectivity index (χ0n) is 11.9. The van der Waals surface area contributed by atoms with Gasteiger partial charge in [-0.1, -0.05) is 25.1 Å². The molecule has 1 aromatic heterocycles. The van der Waals surface area contributed by atoms with Gasteiger partial charge in [0.2, 0.25) is 0 Å². The highest BCUT2D eigenvalue weighted by atomic mass is 32.2. The molecule has 1 aliphatic rings. The van der Waals surface area contributed by atoms with Gasteiger partial charge in [-0.05, 0) is 31.0 Å². The first-order valence-electron chi connectivity index (χ1n) is 7.07. The van der Waals surface area contributed by atoms with E-state index in [1.807, 2.05) is 17.5 Å². The predicted molar refractivity (Wildman–Crippen MR) is 84.3 cm³/mol. The van der Waals surface area contributed by atoms with Crippen molar-refractivity contribution in [3.05, 3.63) is 46.4 Å². The van der Waals surface area contributed by atoms with E-state index in [1.54, 1.807) is 29.7 Å². The summed E-state index contributed by atoms with van der Waals surface area (Å²) >= 11 is 1.57. The van der Waals surface area contributed by atoms with E-state index in [0.29, 0.717) is 11.3 Å². The monoisotopic (exact) mass is 322 g/mol. The highest BCUT2D eigenvalue weighted by Gasteiger charge is 2.44. The van der Waals surface area contributed by atoms with Crippen LogP contribution in [0.1, 0.15) is 30.3 Å². The van der Waals surface area contributed by atoms with Gasteiger partial charge in [0.05, 0.1) is 16.2 Å². The van der Waals surface area contributed by atoms with Gasteiger partial charge < -0.3 is 5.32 Å². The van der Waals surface area contributed by atoms with Gasteiger partial charge in [0.15, 0.2) is 9.84 Å². The standard InChI is InChI=1S/C15H18N2O2S2/c1-2-8-17-15(14-16-9-10-20-14)7-11-21(18,19)13-6-4-3-5-12(13)15/h3-6,9-10,17H,2,7-8,11H2,1H3. The molecule has 0 spiro atoms. The zero-order chi connectivity index (χ0) is 14.9. The molecular weight excluding hydrogens is 304 g/mol. The molecule has 2 aromatic rings. The average molecular weight is 322 g/mol. The van der Waals surface area contributed by atoms with E-state index in [9.17, 15) is 8.42 Å². The van der Waals surface area contributed by atoms with Crippen LogP contribution in [0.25, 0.3) is 0 Å². The molecule has 1 unspecified atom stereocenters. The number of aromatic nitrogens is 1. The Kier molecular flexibility index (Phi) is 3.86. The second-order valence-corrected chi connectivity index (χ2v) is 8.21. The summed E-state index contributed by atoms with van der Waals surface area (Å²) < 4.78 is 24.7. The third-order valence-electron chi connectivity index (χ3n) is 3.90. The number of fused-ring (bicyclic) bond motifs is 1. The van der Waals surface area contributed by atoms with Crippen molar-refractivity contribution < 1.29 is 8.42 Å². The fourth-order valence-electron chi connectivity index (χ4n) is 2.88. The highest BCUT2D eigenvalue weighted by Crippen LogP contribution is 2.42. The van der Waals surface area contributed by atoms with E-state index in [-0.39, 0.29) is 5.75 Å². The first-order valence-corrected chi connectivity index (χ1v) is 9.60. The van der Waals surface area contributed by atoms with E-state index in [1.165, 1.54) is 0 Å². The Morgan fingerprint density at radius 1 is 1.38 bits per heavy atom. The summed E-state index contributed by atoms with van der Waals surface area (Å²) in [5.74, 6) is 0.153. The molecule has 1 aromatic carbocycles. The van der Waals surface area contributed by atoms with Crippen molar-refractivity contribution in [3.63, 3.8) is 0 Å². The van der Waals surface area contributed by atoms with Gasteiger partial charge in [0.25, 0.3) is 0 Å². The first kappa shape index (κ1) is 14.7. The molecule has 0 amide bonds. The fourth-order valence-corrected chi connectivity index (χ4v) is 5.39. The van der Waals surface area contributed by atoms with Crippen molar-refractivity contribution in [1.82, 2.24) is 10.3 Å². The Morgan fingerprint density at radius 3 is 2.90 bits per heavy atom. The van der Waals surface area contributed by atoms with Crippen LogP contribution in [0.15, 0.2) is 40.7 Å².